The van der Waals surface area contributed by atoms with E-state index in [1.165, 1.54) is 16.4 Å². The lowest BCUT2D eigenvalue weighted by molar-refractivity contribution is -0.115. The van der Waals surface area contributed by atoms with Crippen molar-refractivity contribution in [2.24, 2.45) is 0 Å². The van der Waals surface area contributed by atoms with Gasteiger partial charge in [-0.2, -0.15) is 4.31 Å². The fourth-order valence-electron chi connectivity index (χ4n) is 2.84. The minimum absolute atomic E-state index is 0.0842. The van der Waals surface area contributed by atoms with Crippen molar-refractivity contribution in [1.82, 2.24) is 4.31 Å². The molecule has 2 amide bonds. The monoisotopic (exact) mass is 417 g/mol. The van der Waals surface area contributed by atoms with Crippen molar-refractivity contribution in [1.29, 1.82) is 0 Å². The SMILES string of the molecule is CCC(=O)Nc1cccc(NC(=O)c2cc(S(=O)(=O)N(CC)CC)ccc2C)c1. The number of benzene rings is 2. The zero-order valence-corrected chi connectivity index (χ0v) is 18.0. The summed E-state index contributed by atoms with van der Waals surface area (Å²) < 4.78 is 26.9. The highest BCUT2D eigenvalue weighted by Crippen LogP contribution is 2.22. The molecule has 0 saturated heterocycles. The molecule has 29 heavy (non-hydrogen) atoms. The molecular formula is C21H27N3O4S. The lowest BCUT2D eigenvalue weighted by Gasteiger charge is -2.19. The first-order valence-electron chi connectivity index (χ1n) is 9.55. The van der Waals surface area contributed by atoms with E-state index in [1.54, 1.807) is 58.0 Å². The number of rotatable bonds is 8. The molecule has 0 aromatic heterocycles. The molecule has 0 saturated carbocycles. The van der Waals surface area contributed by atoms with Crippen LogP contribution in [-0.4, -0.2) is 37.6 Å². The van der Waals surface area contributed by atoms with E-state index < -0.39 is 15.9 Å². The van der Waals surface area contributed by atoms with Crippen LogP contribution in [-0.2, 0) is 14.8 Å². The van der Waals surface area contributed by atoms with E-state index in [2.05, 4.69) is 10.6 Å². The van der Waals surface area contributed by atoms with Crippen molar-refractivity contribution < 1.29 is 18.0 Å². The van der Waals surface area contributed by atoms with Gasteiger partial charge in [-0.25, -0.2) is 8.42 Å². The first-order chi connectivity index (χ1) is 13.7. The van der Waals surface area contributed by atoms with Crippen LogP contribution < -0.4 is 10.6 Å². The maximum atomic E-state index is 12.8. The third-order valence-electron chi connectivity index (χ3n) is 4.52. The zero-order valence-electron chi connectivity index (χ0n) is 17.2. The minimum atomic E-state index is -3.66. The predicted molar refractivity (Wildman–Crippen MR) is 115 cm³/mol. The maximum absolute atomic E-state index is 12.8. The number of amides is 2. The number of anilines is 2. The summed E-state index contributed by atoms with van der Waals surface area (Å²) in [7, 11) is -3.66. The Hall–Kier alpha value is -2.71. The molecule has 0 aliphatic rings. The van der Waals surface area contributed by atoms with Crippen LogP contribution in [0, 0.1) is 6.92 Å². The maximum Gasteiger partial charge on any atom is 0.255 e. The standard InChI is InChI=1S/C21H27N3O4S/c1-5-20(25)22-16-9-8-10-17(13-16)23-21(26)19-14-18(12-11-15(19)4)29(27,28)24(6-2)7-3/h8-14H,5-7H2,1-4H3,(H,22,25)(H,23,26). The van der Waals surface area contributed by atoms with E-state index in [9.17, 15) is 18.0 Å². The molecule has 0 aliphatic heterocycles. The number of sulfonamides is 1. The molecule has 0 spiro atoms. The van der Waals surface area contributed by atoms with Gasteiger partial charge in [0.1, 0.15) is 0 Å². The van der Waals surface area contributed by atoms with Crippen LogP contribution in [0.2, 0.25) is 0 Å². The molecule has 0 heterocycles. The average Bonchev–Trinajstić information content (AvgIpc) is 2.69. The number of nitrogens with zero attached hydrogens (tertiary/aromatic N) is 1. The van der Waals surface area contributed by atoms with Gasteiger partial charge in [-0.05, 0) is 42.8 Å². The van der Waals surface area contributed by atoms with Crippen molar-refractivity contribution in [2.75, 3.05) is 23.7 Å². The molecule has 0 fully saturated rings. The Balaban J connectivity index is 2.30. The Kier molecular flexibility index (Phi) is 7.53. The second kappa shape index (κ2) is 9.67. The Labute approximate surface area is 172 Å². The van der Waals surface area contributed by atoms with Crippen LogP contribution in [0.25, 0.3) is 0 Å². The first kappa shape index (κ1) is 22.6. The molecule has 0 radical (unpaired) electrons. The lowest BCUT2D eigenvalue weighted by Crippen LogP contribution is -2.30. The van der Waals surface area contributed by atoms with Crippen molar-refractivity contribution in [3.8, 4) is 0 Å². The largest absolute Gasteiger partial charge is 0.326 e. The number of hydrogen-bond acceptors (Lipinski definition) is 4. The molecule has 8 heteroatoms. The van der Waals surface area contributed by atoms with Gasteiger partial charge in [0.25, 0.3) is 5.91 Å². The number of nitrogens with one attached hydrogen (secondary N) is 2. The third kappa shape index (κ3) is 5.42. The fourth-order valence-corrected chi connectivity index (χ4v) is 4.33. The second-order valence-electron chi connectivity index (χ2n) is 6.50. The van der Waals surface area contributed by atoms with Crippen LogP contribution in [0.15, 0.2) is 47.4 Å². The van der Waals surface area contributed by atoms with Gasteiger partial charge in [0.2, 0.25) is 15.9 Å². The van der Waals surface area contributed by atoms with Crippen molar-refractivity contribution in [2.45, 2.75) is 39.0 Å². The molecule has 7 nitrogen and oxygen atoms in total. The Morgan fingerprint density at radius 2 is 1.55 bits per heavy atom. The fraction of sp³-hybridized carbons (Fsp3) is 0.333. The zero-order chi connectivity index (χ0) is 21.6. The molecule has 0 atom stereocenters. The highest BCUT2D eigenvalue weighted by atomic mass is 32.2. The molecule has 2 rings (SSSR count). The van der Waals surface area contributed by atoms with Gasteiger partial charge in [0.15, 0.2) is 0 Å². The Morgan fingerprint density at radius 3 is 2.14 bits per heavy atom. The van der Waals surface area contributed by atoms with E-state index in [4.69, 9.17) is 0 Å². The molecule has 156 valence electrons. The number of aryl methyl sites for hydroxylation is 1. The van der Waals surface area contributed by atoms with Gasteiger partial charge in [-0.15, -0.1) is 0 Å². The quantitative estimate of drug-likeness (QED) is 0.686. The Morgan fingerprint density at radius 1 is 0.931 bits per heavy atom. The average molecular weight is 418 g/mol. The van der Waals surface area contributed by atoms with Gasteiger partial charge in [-0.3, -0.25) is 9.59 Å². The topological polar surface area (TPSA) is 95.6 Å². The normalized spacial score (nSPS) is 11.3. The second-order valence-corrected chi connectivity index (χ2v) is 8.44. The van der Waals surface area contributed by atoms with Crippen LogP contribution in [0.3, 0.4) is 0 Å². The highest BCUT2D eigenvalue weighted by molar-refractivity contribution is 7.89. The first-order valence-corrected chi connectivity index (χ1v) is 11.0. The van der Waals surface area contributed by atoms with Gasteiger partial charge in [0.05, 0.1) is 4.90 Å². The van der Waals surface area contributed by atoms with E-state index in [0.717, 1.165) is 0 Å². The summed E-state index contributed by atoms with van der Waals surface area (Å²) in [5.41, 5.74) is 2.02. The summed E-state index contributed by atoms with van der Waals surface area (Å²) in [6.07, 6.45) is 0.351. The van der Waals surface area contributed by atoms with Gasteiger partial charge < -0.3 is 10.6 Å². The van der Waals surface area contributed by atoms with Crippen LogP contribution in [0.5, 0.6) is 0 Å². The highest BCUT2D eigenvalue weighted by Gasteiger charge is 2.23. The summed E-state index contributed by atoms with van der Waals surface area (Å²) in [6.45, 7) is 7.75. The lowest BCUT2D eigenvalue weighted by atomic mass is 10.1. The number of hydrogen-bond donors (Lipinski definition) is 2. The summed E-state index contributed by atoms with van der Waals surface area (Å²) >= 11 is 0. The summed E-state index contributed by atoms with van der Waals surface area (Å²) in [5.74, 6) is -0.545. The minimum Gasteiger partial charge on any atom is -0.326 e. The molecule has 2 N–H and O–H groups in total. The van der Waals surface area contributed by atoms with Gasteiger partial charge in [0, 0.05) is 36.4 Å². The smallest absolute Gasteiger partial charge is 0.255 e. The molecule has 0 aliphatic carbocycles. The van der Waals surface area contributed by atoms with E-state index in [-0.39, 0.29) is 16.4 Å². The van der Waals surface area contributed by atoms with Crippen molar-refractivity contribution >= 4 is 33.2 Å². The molecule has 0 unspecified atom stereocenters. The van der Waals surface area contributed by atoms with E-state index in [1.807, 2.05) is 0 Å². The van der Waals surface area contributed by atoms with Crippen LogP contribution in [0.1, 0.15) is 43.1 Å². The predicted octanol–water partition coefficient (Wildman–Crippen LogP) is 3.63. The van der Waals surface area contributed by atoms with Gasteiger partial charge >= 0.3 is 0 Å². The summed E-state index contributed by atoms with van der Waals surface area (Å²) in [4.78, 5) is 24.4. The van der Waals surface area contributed by atoms with Gasteiger partial charge in [-0.1, -0.05) is 32.9 Å². The molecule has 2 aromatic rings. The van der Waals surface area contributed by atoms with Crippen molar-refractivity contribution in [3.63, 3.8) is 0 Å². The molecule has 2 aromatic carbocycles. The molecule has 0 bridgehead atoms. The third-order valence-corrected chi connectivity index (χ3v) is 6.57. The number of carbonyl (C=O) groups is 2. The van der Waals surface area contributed by atoms with Crippen molar-refractivity contribution in [3.05, 3.63) is 53.6 Å². The summed E-state index contributed by atoms with van der Waals surface area (Å²) in [6, 6.07) is 11.3. The Bertz CT molecular complexity index is 999. The summed E-state index contributed by atoms with van der Waals surface area (Å²) in [5, 5.41) is 5.50. The number of carbonyl (C=O) groups excluding carboxylic acids is 2. The van der Waals surface area contributed by atoms with Crippen LogP contribution >= 0.6 is 0 Å². The van der Waals surface area contributed by atoms with E-state index >= 15 is 0 Å². The van der Waals surface area contributed by atoms with Crippen LogP contribution in [0.4, 0.5) is 11.4 Å². The van der Waals surface area contributed by atoms with E-state index in [0.29, 0.717) is 36.4 Å². The molecular weight excluding hydrogens is 390 g/mol.